The smallest absolute Gasteiger partial charge is 0.336 e. The van der Waals surface area contributed by atoms with E-state index in [0.717, 1.165) is 0 Å². The number of hydrogen-bond acceptors (Lipinski definition) is 6. The Balaban J connectivity index is 1.91. The van der Waals surface area contributed by atoms with Gasteiger partial charge < -0.3 is 10.6 Å². The first-order valence-corrected chi connectivity index (χ1v) is 10.5. The van der Waals surface area contributed by atoms with Gasteiger partial charge in [-0.05, 0) is 36.2 Å². The molecule has 8 heteroatoms. The molecule has 1 aliphatic carbocycles. The summed E-state index contributed by atoms with van der Waals surface area (Å²) < 4.78 is 12.5. The van der Waals surface area contributed by atoms with Crippen molar-refractivity contribution in [1.82, 2.24) is 4.98 Å². The molecule has 4 rings (SSSR count). The maximum absolute atomic E-state index is 13.5. The van der Waals surface area contributed by atoms with Gasteiger partial charge in [0.05, 0.1) is 11.2 Å². The second kappa shape index (κ2) is 7.30. The summed E-state index contributed by atoms with van der Waals surface area (Å²) in [4.78, 5) is 43.2. The number of halogens is 1. The van der Waals surface area contributed by atoms with Crippen LogP contribution in [0, 0.1) is 0 Å². The van der Waals surface area contributed by atoms with Crippen LogP contribution in [0.4, 0.5) is 5.69 Å². The number of ketones is 2. The number of nitrogens with zero attached hydrogens (tertiary/aromatic N) is 1. The first-order valence-electron chi connectivity index (χ1n) is 8.98. The maximum Gasteiger partial charge on any atom is 0.336 e. The van der Waals surface area contributed by atoms with Crippen molar-refractivity contribution in [3.63, 3.8) is 0 Å². The number of anilines is 1. The average Bonchev–Trinajstić information content (AvgIpc) is 2.68. The van der Waals surface area contributed by atoms with E-state index in [1.807, 2.05) is 0 Å². The molecule has 0 saturated heterocycles. The molecular formula is C21H16ClN2O4P. The van der Waals surface area contributed by atoms with E-state index in [1.54, 1.807) is 42.5 Å². The Hall–Kier alpha value is -2.66. The molecule has 29 heavy (non-hydrogen) atoms. The van der Waals surface area contributed by atoms with Crippen LogP contribution in [0.5, 0.6) is 0 Å². The van der Waals surface area contributed by atoms with Crippen LogP contribution in [0.3, 0.4) is 0 Å². The summed E-state index contributed by atoms with van der Waals surface area (Å²) >= 11 is 6.05. The van der Waals surface area contributed by atoms with Crippen LogP contribution in [0.15, 0.2) is 54.7 Å². The number of benzene rings is 2. The number of aromatic nitrogens is 1. The number of fused-ring (bicyclic) bond motifs is 1. The van der Waals surface area contributed by atoms with Crippen molar-refractivity contribution < 1.29 is 19.0 Å². The zero-order valence-corrected chi connectivity index (χ0v) is 16.8. The third-order valence-electron chi connectivity index (χ3n) is 5.42. The third kappa shape index (κ3) is 3.04. The molecule has 3 aromatic rings. The van der Waals surface area contributed by atoms with Gasteiger partial charge in [0.2, 0.25) is 5.78 Å². The molecule has 6 nitrogen and oxygen atoms in total. The second-order valence-electron chi connectivity index (χ2n) is 7.04. The second-order valence-corrected chi connectivity index (χ2v) is 8.67. The van der Waals surface area contributed by atoms with Crippen LogP contribution in [0.1, 0.15) is 29.9 Å². The SMILES string of the molecule is Nc1cccc2cc(C3([P+](=O)[O-])C(=O)CC[C@@H](c4cccc(Cl)c4)C3=O)cnc12. The normalized spacial score (nSPS) is 22.7. The van der Waals surface area contributed by atoms with Gasteiger partial charge in [0, 0.05) is 34.5 Å². The molecule has 0 spiro atoms. The Bertz CT molecular complexity index is 1180. The van der Waals surface area contributed by atoms with Gasteiger partial charge in [-0.25, -0.2) is 0 Å². The fourth-order valence-corrected chi connectivity index (χ4v) is 5.18. The van der Waals surface area contributed by atoms with Crippen LogP contribution in [0.2, 0.25) is 5.02 Å². The lowest BCUT2D eigenvalue weighted by atomic mass is 9.72. The highest BCUT2D eigenvalue weighted by atomic mass is 35.5. The molecule has 1 saturated carbocycles. The fraction of sp³-hybridized carbons (Fsp3) is 0.190. The average molecular weight is 427 g/mol. The molecule has 1 heterocycles. The lowest BCUT2D eigenvalue weighted by Crippen LogP contribution is -2.48. The molecule has 2 aromatic carbocycles. The summed E-state index contributed by atoms with van der Waals surface area (Å²) in [6, 6.07) is 13.3. The van der Waals surface area contributed by atoms with Gasteiger partial charge in [-0.3, -0.25) is 14.6 Å². The minimum atomic E-state index is -3.45. The van der Waals surface area contributed by atoms with Gasteiger partial charge in [-0.15, -0.1) is 0 Å². The highest BCUT2D eigenvalue weighted by Crippen LogP contribution is 2.52. The summed E-state index contributed by atoms with van der Waals surface area (Å²) in [5.41, 5.74) is 7.46. The largest absolute Gasteiger partial charge is 0.594 e. The predicted molar refractivity (Wildman–Crippen MR) is 109 cm³/mol. The van der Waals surface area contributed by atoms with Crippen LogP contribution >= 0.6 is 19.6 Å². The summed E-state index contributed by atoms with van der Waals surface area (Å²) in [5.74, 6) is -2.06. The third-order valence-corrected chi connectivity index (χ3v) is 6.93. The number of hydrogen-bond donors (Lipinski definition) is 1. The molecule has 0 aliphatic heterocycles. The summed E-state index contributed by atoms with van der Waals surface area (Å²) in [5, 5.41) is -1.27. The van der Waals surface area contributed by atoms with Gasteiger partial charge in [0.1, 0.15) is 0 Å². The van der Waals surface area contributed by atoms with Crippen molar-refractivity contribution in [3.8, 4) is 0 Å². The van der Waals surface area contributed by atoms with Crippen molar-refractivity contribution in [2.45, 2.75) is 23.9 Å². The van der Waals surface area contributed by atoms with E-state index in [1.165, 1.54) is 12.3 Å². The van der Waals surface area contributed by atoms with Crippen molar-refractivity contribution in [1.29, 1.82) is 0 Å². The number of carbonyl (C=O) groups is 2. The topological polar surface area (TPSA) is 113 Å². The zero-order valence-electron chi connectivity index (χ0n) is 15.2. The summed E-state index contributed by atoms with van der Waals surface area (Å²) in [6.45, 7) is 0. The lowest BCUT2D eigenvalue weighted by molar-refractivity contribution is -0.173. The Morgan fingerprint density at radius 1 is 1.17 bits per heavy atom. The maximum atomic E-state index is 13.5. The minimum Gasteiger partial charge on any atom is -0.594 e. The molecule has 0 bridgehead atoms. The van der Waals surface area contributed by atoms with Gasteiger partial charge in [-0.1, -0.05) is 40.4 Å². The molecule has 2 unspecified atom stereocenters. The number of nitrogens with two attached hydrogens (primary N) is 1. The summed E-state index contributed by atoms with van der Waals surface area (Å²) in [6.07, 6.45) is 1.46. The molecule has 3 atom stereocenters. The van der Waals surface area contributed by atoms with Gasteiger partial charge in [-0.2, -0.15) is 0 Å². The van der Waals surface area contributed by atoms with Gasteiger partial charge in [0.25, 0.3) is 0 Å². The van der Waals surface area contributed by atoms with E-state index in [0.29, 0.717) is 27.2 Å². The molecule has 2 N–H and O–H groups in total. The van der Waals surface area contributed by atoms with E-state index >= 15 is 0 Å². The minimum absolute atomic E-state index is 0.0405. The van der Waals surface area contributed by atoms with E-state index < -0.39 is 30.7 Å². The molecule has 0 radical (unpaired) electrons. The standard InChI is InChI=1S/C21H16ClN2O4P/c22-15-5-1-3-12(10-15)16-7-8-18(25)21(20(16)26,29(27)28)14-9-13-4-2-6-17(23)19(13)24-11-14/h1-6,9-11,16H,7-8,23H2/t16-,21?/m0/s1. The van der Waals surface area contributed by atoms with Crippen LogP contribution in [-0.2, 0) is 19.3 Å². The number of pyridine rings is 1. The van der Waals surface area contributed by atoms with Crippen LogP contribution in [-0.4, -0.2) is 16.6 Å². The van der Waals surface area contributed by atoms with Crippen molar-refractivity contribution >= 4 is 47.8 Å². The van der Waals surface area contributed by atoms with Gasteiger partial charge >= 0.3 is 13.2 Å². The van der Waals surface area contributed by atoms with Gasteiger partial charge in [0.15, 0.2) is 5.78 Å². The molecule has 1 fully saturated rings. The Labute approximate surface area is 172 Å². The monoisotopic (exact) mass is 426 g/mol. The van der Waals surface area contributed by atoms with Crippen molar-refractivity contribution in [3.05, 3.63) is 70.9 Å². The molecule has 1 aromatic heterocycles. The number of rotatable bonds is 3. The number of carbonyl (C=O) groups excluding carboxylic acids is 2. The first kappa shape index (κ1) is 19.6. The first-order chi connectivity index (χ1) is 13.9. The fourth-order valence-electron chi connectivity index (χ4n) is 4.00. The van der Waals surface area contributed by atoms with E-state index in [4.69, 9.17) is 17.3 Å². The van der Waals surface area contributed by atoms with E-state index in [-0.39, 0.29) is 18.4 Å². The number of para-hydroxylation sites is 1. The number of Topliss-reactive ketones (excluding diaryl/α,β-unsaturated/α-hetero) is 2. The lowest BCUT2D eigenvalue weighted by Gasteiger charge is -2.32. The quantitative estimate of drug-likeness (QED) is 0.389. The highest BCUT2D eigenvalue weighted by Gasteiger charge is 2.63. The molecule has 146 valence electrons. The summed E-state index contributed by atoms with van der Waals surface area (Å²) in [7, 11) is -3.45. The highest BCUT2D eigenvalue weighted by molar-refractivity contribution is 7.41. The van der Waals surface area contributed by atoms with E-state index in [2.05, 4.69) is 4.98 Å². The van der Waals surface area contributed by atoms with E-state index in [9.17, 15) is 19.0 Å². The molecule has 1 aliphatic rings. The van der Waals surface area contributed by atoms with Crippen LogP contribution in [0.25, 0.3) is 10.9 Å². The molecule has 0 amide bonds. The van der Waals surface area contributed by atoms with Crippen molar-refractivity contribution in [2.24, 2.45) is 0 Å². The Kier molecular flexibility index (Phi) is 4.95. The zero-order chi connectivity index (χ0) is 20.8. The number of nitrogen functional groups attached to an aromatic ring is 1. The van der Waals surface area contributed by atoms with Crippen LogP contribution < -0.4 is 10.6 Å². The predicted octanol–water partition coefficient (Wildman–Crippen LogP) is 3.48. The molecular weight excluding hydrogens is 411 g/mol. The Morgan fingerprint density at radius 3 is 2.66 bits per heavy atom. The Morgan fingerprint density at radius 2 is 1.93 bits per heavy atom. The van der Waals surface area contributed by atoms with Crippen molar-refractivity contribution in [2.75, 3.05) is 5.73 Å².